The van der Waals surface area contributed by atoms with Crippen molar-refractivity contribution in [2.24, 2.45) is 5.92 Å². The number of nitro groups is 1. The number of nitrogens with one attached hydrogen (secondary N) is 3. The van der Waals surface area contributed by atoms with Crippen molar-refractivity contribution >= 4 is 55.5 Å². The number of hydrogen-bond acceptors (Lipinski definition) is 10. The fraction of sp³-hybridized carbons (Fsp3) is 0.378. The van der Waals surface area contributed by atoms with Gasteiger partial charge in [0.2, 0.25) is 0 Å². The fourth-order valence-electron chi connectivity index (χ4n) is 8.95. The highest BCUT2D eigenvalue weighted by atomic mass is 35.5. The fourth-order valence-corrected chi connectivity index (χ4v) is 10.2. The third-order valence-corrected chi connectivity index (χ3v) is 14.1. The van der Waals surface area contributed by atoms with Crippen molar-refractivity contribution in [3.05, 3.63) is 123 Å². The third kappa shape index (κ3) is 8.65. The largest absolute Gasteiger partial charge is 0.455 e. The number of fused-ring (bicyclic) bond motifs is 1. The van der Waals surface area contributed by atoms with E-state index in [1.54, 1.807) is 30.5 Å². The molecule has 2 aliphatic heterocycles. The van der Waals surface area contributed by atoms with E-state index in [0.29, 0.717) is 49.2 Å². The van der Waals surface area contributed by atoms with E-state index in [0.717, 1.165) is 79.1 Å². The molecule has 1 amide bonds. The molecule has 2 aliphatic carbocycles. The minimum absolute atomic E-state index is 0.0276. The summed E-state index contributed by atoms with van der Waals surface area (Å²) in [5.74, 6) is 0.495. The summed E-state index contributed by atoms with van der Waals surface area (Å²) in [5, 5.41) is 16.8. The molecule has 312 valence electrons. The molecule has 2 saturated heterocycles. The second kappa shape index (κ2) is 17.0. The van der Waals surface area contributed by atoms with Crippen LogP contribution >= 0.6 is 11.6 Å². The number of hydrogen-bond donors (Lipinski definition) is 3. The average Bonchev–Trinajstić information content (AvgIpc) is 3.80. The summed E-state index contributed by atoms with van der Waals surface area (Å²) in [6.45, 7) is 2.77. The number of amides is 1. The molecular weight excluding hydrogens is 804 g/mol. The normalized spacial score (nSPS) is 20.2. The molecule has 15 heteroatoms. The minimum atomic E-state index is -4.55. The van der Waals surface area contributed by atoms with Gasteiger partial charge in [0.25, 0.3) is 21.6 Å². The SMILES string of the molecule is O=C(NS(=O)(=O)c1ccc(NCC2CCOCC2)c([N+](=O)[O-])c1)c1ccc(C2=CCC(N3CCCC3c3cc(C4CC4)ccc3Cl)CC2)cc1Oc1cnc2[nH]ccc2c1. The molecule has 0 spiro atoms. The van der Waals surface area contributed by atoms with Gasteiger partial charge in [0.1, 0.15) is 22.8 Å². The lowest BCUT2D eigenvalue weighted by atomic mass is 9.88. The zero-order valence-corrected chi connectivity index (χ0v) is 34.6. The van der Waals surface area contributed by atoms with E-state index in [-0.39, 0.29) is 22.9 Å². The number of allylic oxidation sites excluding steroid dienone is 1. The van der Waals surface area contributed by atoms with Crippen molar-refractivity contribution in [1.29, 1.82) is 0 Å². The van der Waals surface area contributed by atoms with Crippen LogP contribution in [-0.2, 0) is 14.8 Å². The number of H-pyrrole nitrogens is 1. The maximum Gasteiger partial charge on any atom is 0.293 e. The number of benzene rings is 3. The number of rotatable bonds is 13. The summed E-state index contributed by atoms with van der Waals surface area (Å²) < 4.78 is 41.2. The van der Waals surface area contributed by atoms with Gasteiger partial charge in [-0.3, -0.25) is 19.8 Å². The molecule has 60 heavy (non-hydrogen) atoms. The van der Waals surface area contributed by atoms with Crippen molar-refractivity contribution in [3.63, 3.8) is 0 Å². The Bertz CT molecular complexity index is 2590. The van der Waals surface area contributed by atoms with Crippen LogP contribution in [-0.4, -0.2) is 66.5 Å². The Morgan fingerprint density at radius 1 is 1.02 bits per heavy atom. The van der Waals surface area contributed by atoms with Gasteiger partial charge in [-0.05, 0) is 141 Å². The number of nitro benzene ring substituents is 1. The number of pyridine rings is 1. The van der Waals surface area contributed by atoms with Gasteiger partial charge in [-0.25, -0.2) is 18.1 Å². The number of aromatic amines is 1. The Hall–Kier alpha value is -5.28. The van der Waals surface area contributed by atoms with Crippen LogP contribution in [0.3, 0.4) is 0 Å². The maximum atomic E-state index is 13.9. The topological polar surface area (TPSA) is 169 Å². The van der Waals surface area contributed by atoms with E-state index in [1.807, 2.05) is 6.07 Å². The smallest absolute Gasteiger partial charge is 0.293 e. The third-order valence-electron chi connectivity index (χ3n) is 12.4. The first-order chi connectivity index (χ1) is 29.1. The highest BCUT2D eigenvalue weighted by molar-refractivity contribution is 7.90. The molecule has 4 heterocycles. The van der Waals surface area contributed by atoms with Crippen LogP contribution in [0, 0.1) is 16.0 Å². The van der Waals surface area contributed by atoms with Crippen molar-refractivity contribution < 1.29 is 27.6 Å². The van der Waals surface area contributed by atoms with E-state index >= 15 is 0 Å². The van der Waals surface area contributed by atoms with Gasteiger partial charge in [-0.1, -0.05) is 35.9 Å². The van der Waals surface area contributed by atoms with Gasteiger partial charge < -0.3 is 19.8 Å². The van der Waals surface area contributed by atoms with E-state index in [2.05, 4.69) is 49.2 Å². The Kier molecular flexibility index (Phi) is 11.4. The summed E-state index contributed by atoms with van der Waals surface area (Å²) in [4.78, 5) is 35.0. The Balaban J connectivity index is 0.952. The van der Waals surface area contributed by atoms with Gasteiger partial charge in [0.05, 0.1) is 21.6 Å². The molecule has 0 bridgehead atoms. The number of carbonyl (C=O) groups excluding carboxylic acids is 1. The molecule has 2 unspecified atom stereocenters. The van der Waals surface area contributed by atoms with Gasteiger partial charge in [-0.2, -0.15) is 0 Å². The van der Waals surface area contributed by atoms with E-state index in [4.69, 9.17) is 21.1 Å². The molecule has 3 fully saturated rings. The lowest BCUT2D eigenvalue weighted by Crippen LogP contribution is -2.35. The number of likely N-dealkylation sites (tertiary alicyclic amines) is 1. The summed E-state index contributed by atoms with van der Waals surface area (Å²) in [5.41, 5.74) is 5.03. The van der Waals surface area contributed by atoms with E-state index in [1.165, 1.54) is 42.3 Å². The molecule has 0 radical (unpaired) electrons. The van der Waals surface area contributed by atoms with Crippen LogP contribution in [0.5, 0.6) is 11.5 Å². The first-order valence-electron chi connectivity index (χ1n) is 20.8. The van der Waals surface area contributed by atoms with Gasteiger partial charge in [-0.15, -0.1) is 0 Å². The molecule has 3 aromatic carbocycles. The standard InChI is InChI=1S/C45H47ClN6O7S/c46-39-13-8-31(29-3-4-29)23-38(39)41-2-1-19-51(41)34-9-5-30(6-10-34)32-7-12-37(43(24-32)59-35-22-33-15-18-47-44(33)49-27-35)45(53)50-60(56,57)36-11-14-40(42(25-36)52(54)55)48-26-28-16-20-58-21-17-28/h5,7-8,11-15,18,22-25,27-29,34,41,48H,1-4,6,9-10,16-17,19-21,26H2,(H,47,49)(H,50,53). The monoisotopic (exact) mass is 850 g/mol. The number of ether oxygens (including phenoxy) is 2. The summed E-state index contributed by atoms with van der Waals surface area (Å²) >= 11 is 6.81. The molecule has 3 N–H and O–H groups in total. The van der Waals surface area contributed by atoms with Crippen LogP contribution in [0.25, 0.3) is 16.6 Å². The number of carbonyl (C=O) groups is 1. The first-order valence-corrected chi connectivity index (χ1v) is 22.6. The minimum Gasteiger partial charge on any atom is -0.455 e. The molecule has 2 aromatic heterocycles. The Morgan fingerprint density at radius 3 is 2.65 bits per heavy atom. The molecule has 2 atom stereocenters. The Labute approximate surface area is 353 Å². The van der Waals surface area contributed by atoms with Crippen LogP contribution < -0.4 is 14.8 Å². The van der Waals surface area contributed by atoms with Crippen LogP contribution in [0.2, 0.25) is 5.02 Å². The molecule has 9 rings (SSSR count). The zero-order valence-electron chi connectivity index (χ0n) is 33.1. The molecular formula is C45H47ClN6O7S. The second-order valence-corrected chi connectivity index (χ2v) is 18.4. The summed E-state index contributed by atoms with van der Waals surface area (Å²) in [6.07, 6.45) is 14.5. The van der Waals surface area contributed by atoms with Crippen molar-refractivity contribution in [1.82, 2.24) is 19.6 Å². The van der Waals surface area contributed by atoms with E-state index < -0.39 is 31.4 Å². The average molecular weight is 851 g/mol. The van der Waals surface area contributed by atoms with Crippen molar-refractivity contribution in [2.45, 2.75) is 80.7 Å². The van der Waals surface area contributed by atoms with Gasteiger partial charge in [0.15, 0.2) is 0 Å². The summed E-state index contributed by atoms with van der Waals surface area (Å²) in [6, 6.07) is 19.6. The second-order valence-electron chi connectivity index (χ2n) is 16.3. The number of halogens is 1. The number of anilines is 1. The van der Waals surface area contributed by atoms with Crippen LogP contribution in [0.1, 0.15) is 96.8 Å². The van der Waals surface area contributed by atoms with Crippen molar-refractivity contribution in [2.75, 3.05) is 31.6 Å². The quantitative estimate of drug-likeness (QED) is 0.0766. The molecule has 13 nitrogen and oxygen atoms in total. The lowest BCUT2D eigenvalue weighted by Gasteiger charge is -2.36. The molecule has 5 aromatic rings. The summed E-state index contributed by atoms with van der Waals surface area (Å²) in [7, 11) is -4.55. The number of aromatic nitrogens is 2. The predicted molar refractivity (Wildman–Crippen MR) is 230 cm³/mol. The Morgan fingerprint density at radius 2 is 1.87 bits per heavy atom. The van der Waals surface area contributed by atoms with Gasteiger partial charge >= 0.3 is 0 Å². The van der Waals surface area contributed by atoms with Crippen LogP contribution in [0.4, 0.5) is 11.4 Å². The van der Waals surface area contributed by atoms with E-state index in [9.17, 15) is 23.3 Å². The first kappa shape index (κ1) is 40.1. The highest BCUT2D eigenvalue weighted by Gasteiger charge is 2.35. The van der Waals surface area contributed by atoms with Crippen LogP contribution in [0.15, 0.2) is 90.1 Å². The number of nitrogens with zero attached hydrogens (tertiary/aromatic N) is 3. The zero-order chi connectivity index (χ0) is 41.4. The predicted octanol–water partition coefficient (Wildman–Crippen LogP) is 9.52. The van der Waals surface area contributed by atoms with Crippen molar-refractivity contribution in [3.8, 4) is 11.5 Å². The highest BCUT2D eigenvalue weighted by Crippen LogP contribution is 2.45. The van der Waals surface area contributed by atoms with Gasteiger partial charge in [0, 0.05) is 54.5 Å². The maximum absolute atomic E-state index is 13.9. The molecule has 1 saturated carbocycles. The molecule has 4 aliphatic rings. The number of sulfonamides is 1. The lowest BCUT2D eigenvalue weighted by molar-refractivity contribution is -0.384.